The van der Waals surface area contributed by atoms with E-state index in [0.717, 1.165) is 5.56 Å². The van der Waals surface area contributed by atoms with Gasteiger partial charge in [-0.3, -0.25) is 9.69 Å². The lowest BCUT2D eigenvalue weighted by molar-refractivity contribution is -0.129. The first-order valence-corrected chi connectivity index (χ1v) is 5.40. The second-order valence-electron chi connectivity index (χ2n) is 3.60. The molecule has 0 aromatic heterocycles. The number of carbonyl (C=O) groups excluding carboxylic acids is 1. The Kier molecular flexibility index (Phi) is 3.10. The lowest BCUT2D eigenvalue weighted by atomic mass is 10.1. The Bertz CT molecular complexity index is 488. The van der Waals surface area contributed by atoms with Gasteiger partial charge in [0.15, 0.2) is 0 Å². The molecular formula is C13H12N2O2. The van der Waals surface area contributed by atoms with Gasteiger partial charge in [0.1, 0.15) is 0 Å². The van der Waals surface area contributed by atoms with Gasteiger partial charge < -0.3 is 4.74 Å². The number of rotatable bonds is 2. The Balaban J connectivity index is 2.32. The molecule has 1 aromatic carbocycles. The van der Waals surface area contributed by atoms with Crippen molar-refractivity contribution in [2.75, 3.05) is 6.54 Å². The summed E-state index contributed by atoms with van der Waals surface area (Å²) in [6, 6.07) is 11.2. The van der Waals surface area contributed by atoms with Crippen LogP contribution < -0.4 is 0 Å². The molecule has 0 N–H and O–H groups in total. The molecule has 86 valence electrons. The van der Waals surface area contributed by atoms with Crippen molar-refractivity contribution in [1.29, 1.82) is 5.26 Å². The normalized spacial score (nSPS) is 21.4. The Morgan fingerprint density at radius 3 is 2.76 bits per heavy atom. The zero-order valence-corrected chi connectivity index (χ0v) is 9.46. The number of benzene rings is 1. The van der Waals surface area contributed by atoms with Gasteiger partial charge in [-0.25, -0.2) is 0 Å². The summed E-state index contributed by atoms with van der Waals surface area (Å²) in [6.07, 6.45) is 0.625. The third-order valence-corrected chi connectivity index (χ3v) is 2.60. The van der Waals surface area contributed by atoms with Crippen molar-refractivity contribution in [2.45, 2.75) is 13.0 Å². The smallest absolute Gasteiger partial charge is 0.275 e. The predicted octanol–water partition coefficient (Wildman–Crippen LogP) is 1.97. The maximum Gasteiger partial charge on any atom is 0.275 e. The molecule has 4 nitrogen and oxygen atoms in total. The highest BCUT2D eigenvalue weighted by Crippen LogP contribution is 2.31. The average molecular weight is 228 g/mol. The highest BCUT2D eigenvalue weighted by atomic mass is 16.5. The molecule has 1 unspecified atom stereocenters. The minimum Gasteiger partial charge on any atom is -0.460 e. The van der Waals surface area contributed by atoms with Gasteiger partial charge >= 0.3 is 0 Å². The van der Waals surface area contributed by atoms with Crippen molar-refractivity contribution in [1.82, 2.24) is 4.90 Å². The summed E-state index contributed by atoms with van der Waals surface area (Å²) in [5.41, 5.74) is 0.803. The van der Waals surface area contributed by atoms with Crippen molar-refractivity contribution in [3.63, 3.8) is 0 Å². The van der Waals surface area contributed by atoms with Crippen molar-refractivity contribution in [3.8, 4) is 6.07 Å². The quantitative estimate of drug-likeness (QED) is 0.727. The summed E-state index contributed by atoms with van der Waals surface area (Å²) in [5.74, 6) is 0.203. The van der Waals surface area contributed by atoms with Crippen LogP contribution >= 0.6 is 0 Å². The van der Waals surface area contributed by atoms with Gasteiger partial charge in [-0.05, 0) is 6.92 Å². The summed E-state index contributed by atoms with van der Waals surface area (Å²) in [5, 5.41) is 8.64. The molecule has 1 aliphatic heterocycles. The molecular weight excluding hydrogens is 216 g/mol. The second kappa shape index (κ2) is 4.71. The van der Waals surface area contributed by atoms with E-state index in [1.165, 1.54) is 11.0 Å². The molecule has 1 heterocycles. The second-order valence-corrected chi connectivity index (χ2v) is 3.60. The molecule has 2 rings (SSSR count). The summed E-state index contributed by atoms with van der Waals surface area (Å²) in [7, 11) is 0. The van der Waals surface area contributed by atoms with Gasteiger partial charge in [0.25, 0.3) is 5.91 Å². The molecule has 0 saturated carbocycles. The maximum atomic E-state index is 12.1. The monoisotopic (exact) mass is 228 g/mol. The molecule has 1 saturated heterocycles. The third kappa shape index (κ3) is 2.00. The van der Waals surface area contributed by atoms with Crippen LogP contribution in [0, 0.1) is 11.3 Å². The number of allylic oxidation sites excluding steroid dienone is 1. The lowest BCUT2D eigenvalue weighted by Crippen LogP contribution is -2.25. The molecule has 1 fully saturated rings. The third-order valence-electron chi connectivity index (χ3n) is 2.60. The Labute approximate surface area is 99.7 Å². The summed E-state index contributed by atoms with van der Waals surface area (Å²) >= 11 is 0. The van der Waals surface area contributed by atoms with Crippen LogP contribution in [0.25, 0.3) is 0 Å². The fraction of sp³-hybridized carbons (Fsp3) is 0.231. The first kappa shape index (κ1) is 11.2. The molecule has 1 aliphatic rings. The number of hydrogen-bond acceptors (Lipinski definition) is 3. The van der Waals surface area contributed by atoms with Gasteiger partial charge in [-0.2, -0.15) is 5.26 Å². The Morgan fingerprint density at radius 2 is 2.18 bits per heavy atom. The first-order chi connectivity index (χ1) is 8.27. The molecule has 0 bridgehead atoms. The highest BCUT2D eigenvalue weighted by Gasteiger charge is 2.37. The van der Waals surface area contributed by atoms with Crippen molar-refractivity contribution < 1.29 is 9.53 Å². The molecule has 1 atom stereocenters. The predicted molar refractivity (Wildman–Crippen MR) is 61.4 cm³/mol. The Hall–Kier alpha value is -2.28. The van der Waals surface area contributed by atoms with E-state index in [4.69, 9.17) is 10.00 Å². The van der Waals surface area contributed by atoms with E-state index in [0.29, 0.717) is 12.4 Å². The molecule has 17 heavy (non-hydrogen) atoms. The average Bonchev–Trinajstić information content (AvgIpc) is 2.67. The van der Waals surface area contributed by atoms with Crippen LogP contribution in [0.5, 0.6) is 0 Å². The summed E-state index contributed by atoms with van der Waals surface area (Å²) < 4.78 is 5.52. The molecule has 1 amide bonds. The largest absolute Gasteiger partial charge is 0.460 e. The molecule has 0 radical (unpaired) electrons. The van der Waals surface area contributed by atoms with Gasteiger partial charge in [-0.15, -0.1) is 0 Å². The van der Waals surface area contributed by atoms with Crippen LogP contribution in [0.3, 0.4) is 0 Å². The first-order valence-electron chi connectivity index (χ1n) is 5.40. The van der Waals surface area contributed by atoms with Gasteiger partial charge in [0, 0.05) is 12.1 Å². The number of hydrogen-bond donors (Lipinski definition) is 0. The molecule has 4 heteroatoms. The number of amides is 1. The summed E-state index contributed by atoms with van der Waals surface area (Å²) in [6.45, 7) is 2.34. The number of nitriles is 1. The van der Waals surface area contributed by atoms with E-state index in [2.05, 4.69) is 0 Å². The van der Waals surface area contributed by atoms with E-state index in [-0.39, 0.29) is 5.91 Å². The van der Waals surface area contributed by atoms with E-state index in [9.17, 15) is 4.79 Å². The minimum absolute atomic E-state index is 0.125. The fourth-order valence-corrected chi connectivity index (χ4v) is 1.80. The van der Waals surface area contributed by atoms with Crippen LogP contribution in [0.4, 0.5) is 0 Å². The van der Waals surface area contributed by atoms with Crippen molar-refractivity contribution in [2.24, 2.45) is 0 Å². The topological polar surface area (TPSA) is 53.3 Å². The van der Waals surface area contributed by atoms with Crippen LogP contribution in [0.15, 0.2) is 42.3 Å². The molecule has 1 aromatic rings. The van der Waals surface area contributed by atoms with E-state index < -0.39 is 6.10 Å². The summed E-state index contributed by atoms with van der Waals surface area (Å²) in [4.78, 5) is 13.5. The standard InChI is InChI=1S/C13H12N2O2/c1-2-15-11(8-9-14)17-12(13(15)16)10-6-4-3-5-7-10/h3-8,12H,2H2,1H3/b11-8-. The SMILES string of the molecule is CCN1C(=O)C(c2ccccc2)O/C1=C\C#N. The fourth-order valence-electron chi connectivity index (χ4n) is 1.80. The van der Waals surface area contributed by atoms with Gasteiger partial charge in [0.05, 0.1) is 12.1 Å². The van der Waals surface area contributed by atoms with E-state index >= 15 is 0 Å². The van der Waals surface area contributed by atoms with Gasteiger partial charge in [-0.1, -0.05) is 30.3 Å². The van der Waals surface area contributed by atoms with Crippen LogP contribution in [-0.4, -0.2) is 17.4 Å². The zero-order chi connectivity index (χ0) is 12.3. The molecule has 0 spiro atoms. The van der Waals surface area contributed by atoms with Crippen molar-refractivity contribution in [3.05, 3.63) is 47.9 Å². The van der Waals surface area contributed by atoms with Crippen LogP contribution in [-0.2, 0) is 9.53 Å². The Morgan fingerprint density at radius 1 is 1.47 bits per heavy atom. The highest BCUT2D eigenvalue weighted by molar-refractivity contribution is 5.86. The molecule has 0 aliphatic carbocycles. The number of nitrogens with zero attached hydrogens (tertiary/aromatic N) is 2. The van der Waals surface area contributed by atoms with Crippen LogP contribution in [0.2, 0.25) is 0 Å². The number of carbonyl (C=O) groups is 1. The minimum atomic E-state index is -0.629. The lowest BCUT2D eigenvalue weighted by Gasteiger charge is -2.09. The van der Waals surface area contributed by atoms with E-state index in [1.54, 1.807) is 0 Å². The maximum absolute atomic E-state index is 12.1. The zero-order valence-electron chi connectivity index (χ0n) is 9.46. The number of ether oxygens (including phenoxy) is 1. The number of likely N-dealkylation sites (N-methyl/N-ethyl adjacent to an activating group) is 1. The van der Waals surface area contributed by atoms with Crippen molar-refractivity contribution >= 4 is 5.91 Å². The van der Waals surface area contributed by atoms with Crippen LogP contribution in [0.1, 0.15) is 18.6 Å². The van der Waals surface area contributed by atoms with E-state index in [1.807, 2.05) is 43.3 Å². The van der Waals surface area contributed by atoms with Gasteiger partial charge in [0.2, 0.25) is 12.0 Å².